The number of carbonyl (C=O) groups is 1. The number of hydrogen-bond donors (Lipinski definition) is 2. The molecule has 0 saturated heterocycles. The highest BCUT2D eigenvalue weighted by Gasteiger charge is 2.05. The molecule has 0 aliphatic heterocycles. The number of amides is 1. The first-order valence-corrected chi connectivity index (χ1v) is 6.59. The highest BCUT2D eigenvalue weighted by atomic mass is 35.5. The summed E-state index contributed by atoms with van der Waals surface area (Å²) in [5.74, 6) is -0.859. The van der Waals surface area contributed by atoms with Gasteiger partial charge in [0.2, 0.25) is 5.91 Å². The number of anilines is 2. The first-order chi connectivity index (χ1) is 10.0. The summed E-state index contributed by atoms with van der Waals surface area (Å²) in [6.07, 6.45) is 0. The molecule has 0 unspecified atom stereocenters. The standard InChI is InChI=1S/C15H14ClFN2O2/c16-11-3-1-10(2-4-11)8-21-9-15(20)19-12-5-6-13(17)14(18)7-12/h1-7H,8-9,18H2,(H,19,20). The molecular weight excluding hydrogens is 295 g/mol. The van der Waals surface area contributed by atoms with Crippen LogP contribution in [0.1, 0.15) is 5.56 Å². The lowest BCUT2D eigenvalue weighted by atomic mass is 10.2. The molecular formula is C15H14ClFN2O2. The molecule has 0 fully saturated rings. The van der Waals surface area contributed by atoms with Gasteiger partial charge in [0.25, 0.3) is 0 Å². The summed E-state index contributed by atoms with van der Waals surface area (Å²) in [4.78, 5) is 11.7. The zero-order valence-corrected chi connectivity index (χ0v) is 11.9. The lowest BCUT2D eigenvalue weighted by Gasteiger charge is -2.07. The first kappa shape index (κ1) is 15.3. The average molecular weight is 309 g/mol. The van der Waals surface area contributed by atoms with Crippen LogP contribution in [0, 0.1) is 5.82 Å². The Labute approximate surface area is 126 Å². The van der Waals surface area contributed by atoms with Gasteiger partial charge in [-0.3, -0.25) is 4.79 Å². The minimum Gasteiger partial charge on any atom is -0.396 e. The van der Waals surface area contributed by atoms with Crippen LogP contribution in [0.5, 0.6) is 0 Å². The Morgan fingerprint density at radius 1 is 1.24 bits per heavy atom. The molecule has 110 valence electrons. The summed E-state index contributed by atoms with van der Waals surface area (Å²) in [7, 11) is 0. The number of nitrogen functional groups attached to an aromatic ring is 1. The van der Waals surface area contributed by atoms with Gasteiger partial charge in [-0.05, 0) is 35.9 Å². The average Bonchev–Trinajstić information content (AvgIpc) is 2.45. The van der Waals surface area contributed by atoms with E-state index in [1.807, 2.05) is 12.1 Å². The molecule has 1 amide bonds. The highest BCUT2D eigenvalue weighted by Crippen LogP contribution is 2.16. The van der Waals surface area contributed by atoms with Crippen molar-refractivity contribution in [3.05, 3.63) is 58.9 Å². The predicted octanol–water partition coefficient (Wildman–Crippen LogP) is 3.22. The van der Waals surface area contributed by atoms with Crippen molar-refractivity contribution in [2.75, 3.05) is 17.7 Å². The van der Waals surface area contributed by atoms with Gasteiger partial charge in [0.05, 0.1) is 12.3 Å². The molecule has 0 saturated carbocycles. The van der Waals surface area contributed by atoms with E-state index in [9.17, 15) is 9.18 Å². The van der Waals surface area contributed by atoms with Gasteiger partial charge >= 0.3 is 0 Å². The summed E-state index contributed by atoms with van der Waals surface area (Å²) < 4.78 is 18.3. The topological polar surface area (TPSA) is 64.3 Å². The van der Waals surface area contributed by atoms with Gasteiger partial charge in [0, 0.05) is 10.7 Å². The van der Waals surface area contributed by atoms with Crippen LogP contribution in [-0.4, -0.2) is 12.5 Å². The predicted molar refractivity (Wildman–Crippen MR) is 80.6 cm³/mol. The number of carbonyl (C=O) groups excluding carboxylic acids is 1. The Bertz CT molecular complexity index is 632. The summed E-state index contributed by atoms with van der Waals surface area (Å²) in [5, 5.41) is 3.22. The van der Waals surface area contributed by atoms with Crippen LogP contribution < -0.4 is 11.1 Å². The second-order valence-corrected chi connectivity index (χ2v) is 4.84. The van der Waals surface area contributed by atoms with E-state index in [-0.39, 0.29) is 18.2 Å². The van der Waals surface area contributed by atoms with Crippen LogP contribution >= 0.6 is 11.6 Å². The largest absolute Gasteiger partial charge is 0.396 e. The fraction of sp³-hybridized carbons (Fsp3) is 0.133. The van der Waals surface area contributed by atoms with Crippen LogP contribution in [-0.2, 0) is 16.1 Å². The second kappa shape index (κ2) is 7.06. The Kier molecular flexibility index (Phi) is 5.14. The normalized spacial score (nSPS) is 10.4. The minimum absolute atomic E-state index is 0.0186. The van der Waals surface area contributed by atoms with Crippen LogP contribution in [0.4, 0.5) is 15.8 Å². The summed E-state index contributed by atoms with van der Waals surface area (Å²) in [5.41, 5.74) is 6.74. The Balaban J connectivity index is 1.79. The summed E-state index contributed by atoms with van der Waals surface area (Å²) in [6.45, 7) is 0.191. The molecule has 0 spiro atoms. The van der Waals surface area contributed by atoms with Crippen molar-refractivity contribution in [3.8, 4) is 0 Å². The van der Waals surface area contributed by atoms with Crippen LogP contribution in [0.25, 0.3) is 0 Å². The Hall–Kier alpha value is -2.11. The van der Waals surface area contributed by atoms with Crippen molar-refractivity contribution in [1.29, 1.82) is 0 Å². The molecule has 0 atom stereocenters. The molecule has 4 nitrogen and oxygen atoms in total. The number of halogens is 2. The molecule has 6 heteroatoms. The maximum absolute atomic E-state index is 13.0. The second-order valence-electron chi connectivity index (χ2n) is 4.40. The van der Waals surface area contributed by atoms with Gasteiger partial charge in [0.1, 0.15) is 12.4 Å². The SMILES string of the molecule is Nc1cc(NC(=O)COCc2ccc(Cl)cc2)ccc1F. The van der Waals surface area contributed by atoms with Crippen molar-refractivity contribution in [2.45, 2.75) is 6.61 Å². The van der Waals surface area contributed by atoms with Gasteiger partial charge < -0.3 is 15.8 Å². The molecule has 2 rings (SSSR count). The van der Waals surface area contributed by atoms with Gasteiger partial charge in [-0.25, -0.2) is 4.39 Å². The molecule has 21 heavy (non-hydrogen) atoms. The number of nitrogens with one attached hydrogen (secondary N) is 1. The molecule has 0 aromatic heterocycles. The van der Waals surface area contributed by atoms with Crippen molar-refractivity contribution in [1.82, 2.24) is 0 Å². The first-order valence-electron chi connectivity index (χ1n) is 6.21. The van der Waals surface area contributed by atoms with Gasteiger partial charge in [0.15, 0.2) is 0 Å². The number of nitrogens with two attached hydrogens (primary N) is 1. The number of benzene rings is 2. The smallest absolute Gasteiger partial charge is 0.250 e. The molecule has 0 aliphatic carbocycles. The van der Waals surface area contributed by atoms with Crippen LogP contribution in [0.3, 0.4) is 0 Å². The number of ether oxygens (including phenoxy) is 1. The van der Waals surface area contributed by atoms with Crippen molar-refractivity contribution < 1.29 is 13.9 Å². The lowest BCUT2D eigenvalue weighted by Crippen LogP contribution is -2.18. The fourth-order valence-corrected chi connectivity index (χ4v) is 1.79. The fourth-order valence-electron chi connectivity index (χ4n) is 1.66. The van der Waals surface area contributed by atoms with Gasteiger partial charge in [-0.2, -0.15) is 0 Å². The van der Waals surface area contributed by atoms with Crippen molar-refractivity contribution in [3.63, 3.8) is 0 Å². The minimum atomic E-state index is -0.521. The Morgan fingerprint density at radius 3 is 2.62 bits per heavy atom. The maximum Gasteiger partial charge on any atom is 0.250 e. The number of hydrogen-bond acceptors (Lipinski definition) is 3. The highest BCUT2D eigenvalue weighted by molar-refractivity contribution is 6.30. The van der Waals surface area contributed by atoms with E-state index in [2.05, 4.69) is 5.32 Å². The van der Waals surface area contributed by atoms with E-state index >= 15 is 0 Å². The molecule has 2 aromatic carbocycles. The van der Waals surface area contributed by atoms with Gasteiger partial charge in [-0.15, -0.1) is 0 Å². The summed E-state index contributed by atoms with van der Waals surface area (Å²) in [6, 6.07) is 11.1. The number of rotatable bonds is 5. The van der Waals surface area contributed by atoms with Crippen LogP contribution in [0.2, 0.25) is 5.02 Å². The van der Waals surface area contributed by atoms with E-state index in [0.717, 1.165) is 5.56 Å². The third-order valence-electron chi connectivity index (χ3n) is 2.69. The van der Waals surface area contributed by atoms with Gasteiger partial charge in [-0.1, -0.05) is 23.7 Å². The van der Waals surface area contributed by atoms with E-state index in [0.29, 0.717) is 17.3 Å². The van der Waals surface area contributed by atoms with E-state index < -0.39 is 5.82 Å². The summed E-state index contributed by atoms with van der Waals surface area (Å²) >= 11 is 5.77. The van der Waals surface area contributed by atoms with Crippen LogP contribution in [0.15, 0.2) is 42.5 Å². The third-order valence-corrected chi connectivity index (χ3v) is 2.95. The monoisotopic (exact) mass is 308 g/mol. The van der Waals surface area contributed by atoms with E-state index in [1.54, 1.807) is 12.1 Å². The quantitative estimate of drug-likeness (QED) is 0.834. The zero-order valence-electron chi connectivity index (χ0n) is 11.1. The lowest BCUT2D eigenvalue weighted by molar-refractivity contribution is -0.121. The third kappa shape index (κ3) is 4.73. The molecule has 3 N–H and O–H groups in total. The van der Waals surface area contributed by atoms with Crippen molar-refractivity contribution in [2.24, 2.45) is 0 Å². The Morgan fingerprint density at radius 2 is 1.95 bits per heavy atom. The van der Waals surface area contributed by atoms with E-state index in [4.69, 9.17) is 22.1 Å². The van der Waals surface area contributed by atoms with E-state index in [1.165, 1.54) is 18.2 Å². The molecule has 0 radical (unpaired) electrons. The van der Waals surface area contributed by atoms with Crippen molar-refractivity contribution >= 4 is 28.9 Å². The molecule has 0 aliphatic rings. The maximum atomic E-state index is 13.0. The zero-order chi connectivity index (χ0) is 15.2. The molecule has 0 bridgehead atoms. The molecule has 0 heterocycles. The molecule has 2 aromatic rings.